The first-order valence-electron chi connectivity index (χ1n) is 15.0. The van der Waals surface area contributed by atoms with E-state index in [0.717, 1.165) is 70.5 Å². The van der Waals surface area contributed by atoms with Crippen LogP contribution >= 0.6 is 0 Å². The summed E-state index contributed by atoms with van der Waals surface area (Å²) in [5, 5.41) is 3.82. The number of rotatable bonds is 10. The van der Waals surface area contributed by atoms with Crippen molar-refractivity contribution in [3.05, 3.63) is 54.1 Å². The van der Waals surface area contributed by atoms with Gasteiger partial charge in [0.2, 0.25) is 0 Å². The van der Waals surface area contributed by atoms with Crippen LogP contribution in [0.3, 0.4) is 0 Å². The van der Waals surface area contributed by atoms with Crippen molar-refractivity contribution in [3.63, 3.8) is 0 Å². The molecule has 1 unspecified atom stereocenters. The van der Waals surface area contributed by atoms with E-state index in [0.29, 0.717) is 6.04 Å². The minimum atomic E-state index is 0.231. The SMILES string of the molecule is CCCCN1C(C[C@H]2COCCO2)CNCC12CCN(Cc1ccc(Oc3ccc(N(C)C)cc3)cc1)CC2. The summed E-state index contributed by atoms with van der Waals surface area (Å²) in [6.45, 7) is 11.1. The molecule has 3 fully saturated rings. The molecule has 2 aromatic carbocycles. The zero-order valence-corrected chi connectivity index (χ0v) is 24.2. The number of ether oxygens (including phenoxy) is 3. The summed E-state index contributed by atoms with van der Waals surface area (Å²) in [6.07, 6.45) is 6.23. The predicted molar refractivity (Wildman–Crippen MR) is 158 cm³/mol. The molecule has 2 atom stereocenters. The first-order valence-corrected chi connectivity index (χ1v) is 15.0. The molecule has 0 bridgehead atoms. The van der Waals surface area contributed by atoms with Gasteiger partial charge in [-0.15, -0.1) is 0 Å². The number of nitrogens with one attached hydrogen (secondary N) is 1. The maximum atomic E-state index is 6.08. The third-order valence-electron chi connectivity index (χ3n) is 8.76. The number of unbranched alkanes of at least 4 members (excludes halogenated alkanes) is 1. The molecule has 0 saturated carbocycles. The fourth-order valence-corrected chi connectivity index (χ4v) is 6.47. The Hall–Kier alpha value is -2.16. The minimum Gasteiger partial charge on any atom is -0.457 e. The molecule has 3 heterocycles. The monoisotopic (exact) mass is 536 g/mol. The van der Waals surface area contributed by atoms with E-state index in [1.54, 1.807) is 0 Å². The average Bonchev–Trinajstić information content (AvgIpc) is 2.96. The number of nitrogens with zero attached hydrogens (tertiary/aromatic N) is 3. The third-order valence-corrected chi connectivity index (χ3v) is 8.76. The van der Waals surface area contributed by atoms with Crippen LogP contribution in [0.25, 0.3) is 0 Å². The molecular formula is C32H48N4O3. The average molecular weight is 537 g/mol. The Bertz CT molecular complexity index is 999. The second-order valence-electron chi connectivity index (χ2n) is 11.8. The van der Waals surface area contributed by atoms with E-state index in [4.69, 9.17) is 14.2 Å². The lowest BCUT2D eigenvalue weighted by atomic mass is 9.81. The van der Waals surface area contributed by atoms with Gasteiger partial charge in [-0.1, -0.05) is 25.5 Å². The second-order valence-corrected chi connectivity index (χ2v) is 11.8. The first-order chi connectivity index (χ1) is 19.0. The van der Waals surface area contributed by atoms with E-state index in [1.807, 2.05) is 26.2 Å². The smallest absolute Gasteiger partial charge is 0.127 e. The molecule has 0 amide bonds. The van der Waals surface area contributed by atoms with E-state index in [9.17, 15) is 0 Å². The van der Waals surface area contributed by atoms with Crippen LogP contribution in [0.15, 0.2) is 48.5 Å². The number of piperazine rings is 1. The van der Waals surface area contributed by atoms with Gasteiger partial charge < -0.3 is 24.4 Å². The van der Waals surface area contributed by atoms with Crippen LogP contribution in [-0.2, 0) is 16.0 Å². The van der Waals surface area contributed by atoms with Gasteiger partial charge in [0, 0.05) is 64.1 Å². The molecule has 3 saturated heterocycles. The van der Waals surface area contributed by atoms with Crippen molar-refractivity contribution in [2.75, 3.05) is 71.5 Å². The Morgan fingerprint density at radius 1 is 1.00 bits per heavy atom. The predicted octanol–water partition coefficient (Wildman–Crippen LogP) is 4.76. The summed E-state index contributed by atoms with van der Waals surface area (Å²) >= 11 is 0. The standard InChI is InChI=1S/C32H48N4O3/c1-4-5-16-36-28(21-31-24-37-19-20-38-31)22-33-25-32(36)14-17-35(18-15-32)23-26-6-10-29(11-7-26)39-30-12-8-27(9-13-30)34(2)3/h6-13,28,31,33H,4-5,14-25H2,1-3H3/t28?,31-/m0/s1. The fourth-order valence-electron chi connectivity index (χ4n) is 6.47. The van der Waals surface area contributed by atoms with Crippen LogP contribution in [-0.4, -0.2) is 94.1 Å². The van der Waals surface area contributed by atoms with Crippen molar-refractivity contribution in [3.8, 4) is 11.5 Å². The molecule has 1 N–H and O–H groups in total. The summed E-state index contributed by atoms with van der Waals surface area (Å²) in [6, 6.07) is 17.4. The lowest BCUT2D eigenvalue weighted by molar-refractivity contribution is -0.110. The zero-order chi connectivity index (χ0) is 27.1. The molecule has 1 spiro atoms. The van der Waals surface area contributed by atoms with Crippen molar-refractivity contribution >= 4 is 5.69 Å². The maximum absolute atomic E-state index is 6.08. The Morgan fingerprint density at radius 3 is 2.36 bits per heavy atom. The van der Waals surface area contributed by atoms with Gasteiger partial charge in [0.1, 0.15) is 11.5 Å². The number of hydrogen-bond donors (Lipinski definition) is 1. The zero-order valence-electron chi connectivity index (χ0n) is 24.2. The highest BCUT2D eigenvalue weighted by Gasteiger charge is 2.45. The van der Waals surface area contributed by atoms with Crippen LogP contribution in [0, 0.1) is 0 Å². The van der Waals surface area contributed by atoms with Gasteiger partial charge in [0.25, 0.3) is 0 Å². The highest BCUT2D eigenvalue weighted by Crippen LogP contribution is 2.35. The van der Waals surface area contributed by atoms with Gasteiger partial charge in [0.05, 0.1) is 25.9 Å². The highest BCUT2D eigenvalue weighted by molar-refractivity contribution is 5.48. The van der Waals surface area contributed by atoms with E-state index < -0.39 is 0 Å². The summed E-state index contributed by atoms with van der Waals surface area (Å²) in [4.78, 5) is 7.59. The highest BCUT2D eigenvalue weighted by atomic mass is 16.6. The number of anilines is 1. The number of benzene rings is 2. The van der Waals surface area contributed by atoms with Crippen molar-refractivity contribution in [2.45, 2.75) is 63.3 Å². The molecule has 7 nitrogen and oxygen atoms in total. The van der Waals surface area contributed by atoms with Gasteiger partial charge in [0.15, 0.2) is 0 Å². The molecule has 3 aliphatic rings. The second kappa shape index (κ2) is 13.5. The Morgan fingerprint density at radius 2 is 1.72 bits per heavy atom. The van der Waals surface area contributed by atoms with Crippen molar-refractivity contribution in [1.29, 1.82) is 0 Å². The van der Waals surface area contributed by atoms with E-state index in [1.165, 1.54) is 43.5 Å². The molecule has 5 rings (SSSR count). The fraction of sp³-hybridized carbons (Fsp3) is 0.625. The number of likely N-dealkylation sites (tertiary alicyclic amines) is 1. The normalized spacial score (nSPS) is 24.1. The molecule has 2 aromatic rings. The quantitative estimate of drug-likeness (QED) is 0.470. The Kier molecular flexibility index (Phi) is 9.80. The lowest BCUT2D eigenvalue weighted by Gasteiger charge is -2.55. The van der Waals surface area contributed by atoms with Gasteiger partial charge in [-0.25, -0.2) is 0 Å². The molecular weight excluding hydrogens is 488 g/mol. The van der Waals surface area contributed by atoms with Gasteiger partial charge in [-0.2, -0.15) is 0 Å². The molecule has 0 aromatic heterocycles. The van der Waals surface area contributed by atoms with Crippen LogP contribution < -0.4 is 15.0 Å². The van der Waals surface area contributed by atoms with E-state index in [2.05, 4.69) is 63.3 Å². The topological polar surface area (TPSA) is 49.4 Å². The van der Waals surface area contributed by atoms with Crippen molar-refractivity contribution < 1.29 is 14.2 Å². The number of piperidine rings is 1. The summed E-state index contributed by atoms with van der Waals surface area (Å²) in [7, 11) is 4.09. The van der Waals surface area contributed by atoms with E-state index >= 15 is 0 Å². The summed E-state index contributed by atoms with van der Waals surface area (Å²) < 4.78 is 17.8. The molecule has 7 heteroatoms. The van der Waals surface area contributed by atoms with Gasteiger partial charge >= 0.3 is 0 Å². The minimum absolute atomic E-state index is 0.231. The third kappa shape index (κ3) is 7.33. The first kappa shape index (κ1) is 28.4. The summed E-state index contributed by atoms with van der Waals surface area (Å²) in [5.41, 5.74) is 2.77. The molecule has 0 aliphatic carbocycles. The molecule has 3 aliphatic heterocycles. The van der Waals surface area contributed by atoms with Gasteiger partial charge in [-0.3, -0.25) is 9.80 Å². The van der Waals surface area contributed by atoms with Crippen LogP contribution in [0.4, 0.5) is 5.69 Å². The Labute approximate surface area is 235 Å². The van der Waals surface area contributed by atoms with Crippen LogP contribution in [0.2, 0.25) is 0 Å². The van der Waals surface area contributed by atoms with Crippen molar-refractivity contribution in [2.24, 2.45) is 0 Å². The Balaban J connectivity index is 1.15. The van der Waals surface area contributed by atoms with Crippen LogP contribution in [0.5, 0.6) is 11.5 Å². The summed E-state index contributed by atoms with van der Waals surface area (Å²) in [5.74, 6) is 1.75. The van der Waals surface area contributed by atoms with Gasteiger partial charge in [-0.05, 0) is 74.2 Å². The van der Waals surface area contributed by atoms with Crippen molar-refractivity contribution in [1.82, 2.24) is 15.1 Å². The van der Waals surface area contributed by atoms with E-state index in [-0.39, 0.29) is 11.6 Å². The largest absolute Gasteiger partial charge is 0.457 e. The molecule has 39 heavy (non-hydrogen) atoms. The maximum Gasteiger partial charge on any atom is 0.127 e. The molecule has 214 valence electrons. The van der Waals surface area contributed by atoms with Crippen LogP contribution in [0.1, 0.15) is 44.6 Å². The molecule has 0 radical (unpaired) electrons. The lowest BCUT2D eigenvalue weighted by Crippen LogP contribution is -2.69. The number of hydrogen-bond acceptors (Lipinski definition) is 7.